The molecule has 48 heavy (non-hydrogen) atoms. The minimum absolute atomic E-state index is 0.0732. The molecule has 9 nitrogen and oxygen atoms in total. The number of nitrogens with zero attached hydrogens (tertiary/aromatic N) is 3. The Hall–Kier alpha value is -5.13. The van der Waals surface area contributed by atoms with E-state index < -0.39 is 17.7 Å². The molecule has 1 saturated heterocycles. The van der Waals surface area contributed by atoms with Gasteiger partial charge in [0.2, 0.25) is 5.13 Å². The molecule has 1 unspecified atom stereocenters. The predicted octanol–water partition coefficient (Wildman–Crippen LogP) is 7.83. The Morgan fingerprint density at radius 1 is 0.875 bits per heavy atom. The van der Waals surface area contributed by atoms with Crippen LogP contribution in [0.3, 0.4) is 0 Å². The molecule has 0 radical (unpaired) electrons. The third-order valence-electron chi connectivity index (χ3n) is 7.59. The minimum atomic E-state index is -1.02. The molecule has 1 amide bonds. The van der Waals surface area contributed by atoms with Gasteiger partial charge in [-0.05, 0) is 59.5 Å². The monoisotopic (exact) mass is 679 g/mol. The van der Waals surface area contributed by atoms with E-state index in [1.54, 1.807) is 42.5 Å². The maximum Gasteiger partial charge on any atom is 0.301 e. The Morgan fingerprint density at radius 3 is 2.27 bits per heavy atom. The van der Waals surface area contributed by atoms with Gasteiger partial charge in [-0.3, -0.25) is 14.5 Å². The third kappa shape index (κ3) is 7.22. The molecule has 1 N–H and O–H groups in total. The number of anilines is 1. The van der Waals surface area contributed by atoms with Gasteiger partial charge in [0.1, 0.15) is 18.1 Å². The molecule has 1 aliphatic heterocycles. The molecular weight excluding hydrogens is 647 g/mol. The summed E-state index contributed by atoms with van der Waals surface area (Å²) in [6, 6.07) is 30.6. The molecule has 0 spiro atoms. The molecule has 6 rings (SSSR count). The number of benzene rings is 4. The first-order chi connectivity index (χ1) is 23.5. The highest BCUT2D eigenvalue weighted by atomic mass is 32.2. The lowest BCUT2D eigenvalue weighted by atomic mass is 9.95. The summed E-state index contributed by atoms with van der Waals surface area (Å²) in [4.78, 5) is 28.8. The van der Waals surface area contributed by atoms with Crippen LogP contribution in [0, 0.1) is 0 Å². The zero-order chi connectivity index (χ0) is 33.5. The van der Waals surface area contributed by atoms with Crippen LogP contribution in [0.1, 0.15) is 41.6 Å². The zero-order valence-corrected chi connectivity index (χ0v) is 28.0. The van der Waals surface area contributed by atoms with Crippen LogP contribution < -0.4 is 19.1 Å². The van der Waals surface area contributed by atoms with E-state index in [2.05, 4.69) is 10.2 Å². The number of rotatable bonds is 13. The van der Waals surface area contributed by atoms with Crippen molar-refractivity contribution in [3.05, 3.63) is 131 Å². The SMILES string of the molecule is CCCOc1ccc(/C(O)=C2\C(=O)C(=O)N(c3nnc(SCc4ccccc4)s3)C2c2ccc(OCc3ccccc3)c(OC)c2)cc1. The van der Waals surface area contributed by atoms with Crippen molar-refractivity contribution >= 4 is 45.7 Å². The van der Waals surface area contributed by atoms with Crippen LogP contribution in [0.25, 0.3) is 5.76 Å². The quantitative estimate of drug-likeness (QED) is 0.0438. The van der Waals surface area contributed by atoms with Crippen molar-refractivity contribution in [1.29, 1.82) is 0 Å². The van der Waals surface area contributed by atoms with Gasteiger partial charge in [0.25, 0.3) is 5.78 Å². The highest BCUT2D eigenvalue weighted by molar-refractivity contribution is 8.00. The number of hydrogen-bond acceptors (Lipinski definition) is 10. The number of ketones is 1. The van der Waals surface area contributed by atoms with Crippen molar-refractivity contribution in [3.8, 4) is 17.2 Å². The van der Waals surface area contributed by atoms with Crippen LogP contribution in [0.5, 0.6) is 17.2 Å². The molecule has 2 heterocycles. The van der Waals surface area contributed by atoms with Crippen molar-refractivity contribution in [3.63, 3.8) is 0 Å². The van der Waals surface area contributed by atoms with E-state index >= 15 is 0 Å². The fraction of sp³-hybridized carbons (Fsp3) is 0.189. The smallest absolute Gasteiger partial charge is 0.301 e. The molecule has 5 aromatic rings. The zero-order valence-electron chi connectivity index (χ0n) is 26.4. The predicted molar refractivity (Wildman–Crippen MR) is 187 cm³/mol. The molecule has 244 valence electrons. The summed E-state index contributed by atoms with van der Waals surface area (Å²) in [5, 5.41) is 20.5. The number of aliphatic hydroxyl groups is 1. The Kier molecular flexibility index (Phi) is 10.4. The van der Waals surface area contributed by atoms with E-state index in [9.17, 15) is 14.7 Å². The first kappa shape index (κ1) is 32.8. The number of hydrogen-bond donors (Lipinski definition) is 1. The molecule has 0 bridgehead atoms. The average Bonchev–Trinajstić information content (AvgIpc) is 3.71. The molecule has 1 atom stereocenters. The summed E-state index contributed by atoms with van der Waals surface area (Å²) in [7, 11) is 1.52. The van der Waals surface area contributed by atoms with Gasteiger partial charge in [-0.15, -0.1) is 10.2 Å². The van der Waals surface area contributed by atoms with Gasteiger partial charge in [0.05, 0.1) is 25.3 Å². The van der Waals surface area contributed by atoms with Crippen LogP contribution in [0.2, 0.25) is 0 Å². The van der Waals surface area contributed by atoms with Crippen molar-refractivity contribution < 1.29 is 28.9 Å². The normalized spacial score (nSPS) is 15.5. The number of Topliss-reactive ketones (excluding diaryl/α,β-unsaturated/α-hetero) is 1. The third-order valence-corrected chi connectivity index (χ3v) is 9.72. The molecule has 0 saturated carbocycles. The van der Waals surface area contributed by atoms with E-state index in [4.69, 9.17) is 14.2 Å². The first-order valence-corrected chi connectivity index (χ1v) is 17.2. The van der Waals surface area contributed by atoms with Gasteiger partial charge >= 0.3 is 5.91 Å². The molecule has 11 heteroatoms. The number of aromatic nitrogens is 2. The summed E-state index contributed by atoms with van der Waals surface area (Å²) >= 11 is 2.70. The number of carbonyl (C=O) groups is 2. The number of aliphatic hydroxyl groups excluding tert-OH is 1. The lowest BCUT2D eigenvalue weighted by Gasteiger charge is -2.23. The van der Waals surface area contributed by atoms with Crippen molar-refractivity contribution in [1.82, 2.24) is 10.2 Å². The van der Waals surface area contributed by atoms with Crippen LogP contribution in [0.15, 0.2) is 113 Å². The maximum absolute atomic E-state index is 13.8. The van der Waals surface area contributed by atoms with Crippen molar-refractivity contribution in [2.75, 3.05) is 18.6 Å². The highest BCUT2D eigenvalue weighted by Crippen LogP contribution is 2.45. The molecule has 1 aromatic heterocycles. The molecule has 4 aromatic carbocycles. The summed E-state index contributed by atoms with van der Waals surface area (Å²) in [5.41, 5.74) is 2.92. The molecule has 0 aliphatic carbocycles. The average molecular weight is 680 g/mol. The van der Waals surface area contributed by atoms with Gasteiger partial charge in [0.15, 0.2) is 15.8 Å². The topological polar surface area (TPSA) is 111 Å². The summed E-state index contributed by atoms with van der Waals surface area (Å²) < 4.78 is 18.1. The van der Waals surface area contributed by atoms with E-state index in [1.807, 2.05) is 67.6 Å². The van der Waals surface area contributed by atoms with Gasteiger partial charge in [0, 0.05) is 11.3 Å². The Labute approximate surface area is 286 Å². The second kappa shape index (κ2) is 15.2. The Morgan fingerprint density at radius 2 is 1.58 bits per heavy atom. The number of methoxy groups -OCH3 is 1. The van der Waals surface area contributed by atoms with Gasteiger partial charge in [-0.1, -0.05) is 96.8 Å². The van der Waals surface area contributed by atoms with E-state index in [-0.39, 0.29) is 16.5 Å². The summed E-state index contributed by atoms with van der Waals surface area (Å²) in [6.45, 7) is 2.89. The van der Waals surface area contributed by atoms with E-state index in [1.165, 1.54) is 35.1 Å². The number of amides is 1. The van der Waals surface area contributed by atoms with Crippen molar-refractivity contribution in [2.45, 2.75) is 36.1 Å². The minimum Gasteiger partial charge on any atom is -0.507 e. The second-order valence-corrected chi connectivity index (χ2v) is 13.0. The van der Waals surface area contributed by atoms with Crippen LogP contribution in [-0.2, 0) is 21.9 Å². The number of ether oxygens (including phenoxy) is 3. The van der Waals surface area contributed by atoms with Crippen LogP contribution in [0.4, 0.5) is 5.13 Å². The van der Waals surface area contributed by atoms with Crippen LogP contribution in [-0.4, -0.2) is 40.7 Å². The number of thioether (sulfide) groups is 1. The molecular formula is C37H33N3O6S2. The fourth-order valence-corrected chi connectivity index (χ4v) is 7.04. The lowest BCUT2D eigenvalue weighted by molar-refractivity contribution is -0.132. The fourth-order valence-electron chi connectivity index (χ4n) is 5.22. The standard InChI is InChI=1S/C37H33N3O6S2/c1-3-20-45-28-17-14-26(15-18-28)33(41)31-32(27-16-19-29(30(21-27)44-2)46-22-24-10-6-4-7-11-24)40(35(43)34(31)42)36-38-39-37(48-36)47-23-25-12-8-5-9-13-25/h4-19,21,32,41H,3,20,22-23H2,1-2H3/b33-31+. The maximum atomic E-state index is 13.8. The first-order valence-electron chi connectivity index (χ1n) is 15.4. The summed E-state index contributed by atoms with van der Waals surface area (Å²) in [6.07, 6.45) is 0.850. The van der Waals surface area contributed by atoms with E-state index in [0.29, 0.717) is 51.7 Å². The Bertz CT molecular complexity index is 1910. The number of carbonyl (C=O) groups excluding carboxylic acids is 2. The second-order valence-electron chi connectivity index (χ2n) is 10.9. The van der Waals surface area contributed by atoms with Gasteiger partial charge in [-0.25, -0.2) is 0 Å². The molecule has 1 fully saturated rings. The largest absolute Gasteiger partial charge is 0.507 e. The van der Waals surface area contributed by atoms with Crippen molar-refractivity contribution in [2.24, 2.45) is 0 Å². The van der Waals surface area contributed by atoms with E-state index in [0.717, 1.165) is 17.5 Å². The summed E-state index contributed by atoms with van der Waals surface area (Å²) in [5.74, 6) is 0.231. The lowest BCUT2D eigenvalue weighted by Crippen LogP contribution is -2.29. The van der Waals surface area contributed by atoms with Gasteiger partial charge < -0.3 is 19.3 Å². The highest BCUT2D eigenvalue weighted by Gasteiger charge is 2.48. The van der Waals surface area contributed by atoms with Crippen LogP contribution >= 0.6 is 23.1 Å². The Balaban J connectivity index is 1.37. The van der Waals surface area contributed by atoms with Gasteiger partial charge in [-0.2, -0.15) is 0 Å². The molecule has 1 aliphatic rings.